The molecule has 0 fully saturated rings. The van der Waals surface area contributed by atoms with E-state index in [1.807, 2.05) is 78.9 Å². The number of hydrogen-bond acceptors (Lipinski definition) is 2. The van der Waals surface area contributed by atoms with E-state index < -0.39 is 0 Å². The predicted molar refractivity (Wildman–Crippen MR) is 112 cm³/mol. The van der Waals surface area contributed by atoms with Crippen LogP contribution in [0, 0.1) is 0 Å². The molecule has 4 rings (SSSR count). The highest BCUT2D eigenvalue weighted by Gasteiger charge is 2.23. The molecule has 1 aromatic heterocycles. The quantitative estimate of drug-likeness (QED) is 0.491. The van der Waals surface area contributed by atoms with Gasteiger partial charge in [-0.1, -0.05) is 88.7 Å². The average Bonchev–Trinajstić information content (AvgIpc) is 2.74. The number of rotatable bonds is 4. The minimum absolute atomic E-state index is 0.105. The number of carbonyl (C=O) groups is 1. The Kier molecular flexibility index (Phi) is 5.04. The second-order valence-electron chi connectivity index (χ2n) is 6.33. The van der Waals surface area contributed by atoms with Crippen LogP contribution in [-0.4, -0.2) is 5.78 Å². The first-order valence-corrected chi connectivity index (χ1v) is 9.60. The molecule has 0 atom stereocenters. The molecular weight excluding hydrogens is 414 g/mol. The second-order valence-corrected chi connectivity index (χ2v) is 7.25. The summed E-state index contributed by atoms with van der Waals surface area (Å²) in [5.41, 5.74) is 3.56. The van der Waals surface area contributed by atoms with Crippen LogP contribution in [0.3, 0.4) is 0 Å². The van der Waals surface area contributed by atoms with Crippen molar-refractivity contribution in [2.45, 2.75) is 0 Å². The van der Waals surface area contributed by atoms with E-state index >= 15 is 0 Å². The van der Waals surface area contributed by atoms with Gasteiger partial charge in [0.05, 0.1) is 0 Å². The fraction of sp³-hybridized carbons (Fsp3) is 0. The van der Waals surface area contributed by atoms with Crippen LogP contribution in [0.15, 0.2) is 99.9 Å². The van der Waals surface area contributed by atoms with Crippen molar-refractivity contribution in [3.05, 3.63) is 112 Å². The largest absolute Gasteiger partial charge is 0.404 e. The molecule has 1 heterocycles. The molecule has 2 N–H and O–H groups in total. The zero-order chi connectivity index (χ0) is 19.5. The minimum atomic E-state index is -0.167. The molecule has 3 nitrogen and oxygen atoms in total. The van der Waals surface area contributed by atoms with Gasteiger partial charge >= 0.3 is 5.55 Å². The van der Waals surface area contributed by atoms with Crippen molar-refractivity contribution in [2.24, 2.45) is 0 Å². The molecule has 0 aliphatic heterocycles. The van der Waals surface area contributed by atoms with Gasteiger partial charge in [0, 0.05) is 21.2 Å². The number of ketones is 1. The number of nitrogens with two attached hydrogens (primary N) is 1. The highest BCUT2D eigenvalue weighted by molar-refractivity contribution is 9.10. The summed E-state index contributed by atoms with van der Waals surface area (Å²) in [5, 5.41) is 6.27. The van der Waals surface area contributed by atoms with Crippen molar-refractivity contribution in [2.75, 3.05) is 0 Å². The van der Waals surface area contributed by atoms with Crippen LogP contribution in [0.4, 0.5) is 0 Å². The fourth-order valence-electron chi connectivity index (χ4n) is 3.10. The third kappa shape index (κ3) is 3.59. The number of benzene rings is 3. The van der Waals surface area contributed by atoms with Crippen LogP contribution in [0.2, 0.25) is 0 Å². The van der Waals surface area contributed by atoms with Gasteiger partial charge < -0.3 is 4.42 Å². The predicted octanol–water partition coefficient (Wildman–Crippen LogP) is 4.27. The van der Waals surface area contributed by atoms with Gasteiger partial charge in [0.15, 0.2) is 0 Å². The van der Waals surface area contributed by atoms with Gasteiger partial charge in [0.25, 0.3) is 0 Å². The van der Waals surface area contributed by atoms with E-state index in [2.05, 4.69) is 15.9 Å². The molecular formula is C24H17BrNO2+. The highest BCUT2D eigenvalue weighted by atomic mass is 79.9. The monoisotopic (exact) mass is 430 g/mol. The normalized spacial score (nSPS) is 10.6. The van der Waals surface area contributed by atoms with Crippen LogP contribution in [0.5, 0.6) is 0 Å². The SMILES string of the molecule is [NH2+]=c1oc(-c2ccccc2)cc(-c2ccc(Br)cc2)c1C(=O)c1ccccc1. The van der Waals surface area contributed by atoms with Crippen molar-refractivity contribution in [1.82, 2.24) is 0 Å². The molecule has 0 amide bonds. The third-order valence-corrected chi connectivity index (χ3v) is 5.02. The molecule has 136 valence electrons. The lowest BCUT2D eigenvalue weighted by atomic mass is 9.94. The molecule has 0 bridgehead atoms. The lowest BCUT2D eigenvalue weighted by molar-refractivity contribution is -0.198. The Balaban J connectivity index is 1.96. The van der Waals surface area contributed by atoms with E-state index in [9.17, 15) is 4.79 Å². The Morgan fingerprint density at radius 1 is 0.786 bits per heavy atom. The number of halogens is 1. The van der Waals surface area contributed by atoms with E-state index in [4.69, 9.17) is 9.83 Å². The van der Waals surface area contributed by atoms with Crippen molar-refractivity contribution in [1.29, 1.82) is 0 Å². The van der Waals surface area contributed by atoms with E-state index in [0.29, 0.717) is 16.9 Å². The van der Waals surface area contributed by atoms with Crippen LogP contribution >= 0.6 is 15.9 Å². The smallest absolute Gasteiger partial charge is 0.376 e. The maximum atomic E-state index is 13.2. The Morgan fingerprint density at radius 2 is 1.39 bits per heavy atom. The van der Waals surface area contributed by atoms with Crippen molar-refractivity contribution >= 4 is 21.7 Å². The lowest BCUT2D eigenvalue weighted by Gasteiger charge is -2.10. The van der Waals surface area contributed by atoms with Crippen LogP contribution in [-0.2, 0) is 0 Å². The van der Waals surface area contributed by atoms with E-state index in [1.165, 1.54) is 0 Å². The Labute approximate surface area is 170 Å². The summed E-state index contributed by atoms with van der Waals surface area (Å²) in [6.07, 6.45) is 0. The van der Waals surface area contributed by atoms with E-state index in [0.717, 1.165) is 21.2 Å². The first-order valence-electron chi connectivity index (χ1n) is 8.81. The van der Waals surface area contributed by atoms with Crippen molar-refractivity contribution in [3.8, 4) is 22.5 Å². The molecule has 0 spiro atoms. The average molecular weight is 431 g/mol. The highest BCUT2D eigenvalue weighted by Crippen LogP contribution is 2.29. The number of hydrogen-bond donors (Lipinski definition) is 1. The summed E-state index contributed by atoms with van der Waals surface area (Å²) in [7, 11) is 0. The summed E-state index contributed by atoms with van der Waals surface area (Å²) in [6, 6.07) is 28.5. The van der Waals surface area contributed by atoms with E-state index in [-0.39, 0.29) is 11.3 Å². The van der Waals surface area contributed by atoms with E-state index in [1.54, 1.807) is 12.1 Å². The summed E-state index contributed by atoms with van der Waals surface area (Å²) < 4.78 is 6.83. The summed E-state index contributed by atoms with van der Waals surface area (Å²) in [5.74, 6) is 0.444. The molecule has 28 heavy (non-hydrogen) atoms. The molecule has 4 heteroatoms. The maximum absolute atomic E-state index is 13.2. The molecule has 0 aliphatic carbocycles. The lowest BCUT2D eigenvalue weighted by Crippen LogP contribution is -2.48. The molecule has 0 unspecified atom stereocenters. The first kappa shape index (κ1) is 18.1. The Morgan fingerprint density at radius 3 is 2.04 bits per heavy atom. The zero-order valence-electron chi connectivity index (χ0n) is 14.9. The van der Waals surface area contributed by atoms with Gasteiger partial charge in [-0.3, -0.25) is 4.79 Å². The molecule has 0 aliphatic rings. The standard InChI is InChI=1S/C24H16BrNO2/c25-19-13-11-16(12-14-19)20-15-21(17-7-3-1-4-8-17)28-24(26)22(20)23(27)18-9-5-2-6-10-18/h1-15,26H/p+1. The summed E-state index contributed by atoms with van der Waals surface area (Å²) in [6.45, 7) is 0. The molecule has 3 aromatic carbocycles. The fourth-order valence-corrected chi connectivity index (χ4v) is 3.37. The molecule has 4 aromatic rings. The summed E-state index contributed by atoms with van der Waals surface area (Å²) in [4.78, 5) is 13.2. The Hall–Kier alpha value is -3.24. The van der Waals surface area contributed by atoms with Gasteiger partial charge in [-0.2, -0.15) is 0 Å². The van der Waals surface area contributed by atoms with Crippen LogP contribution in [0.1, 0.15) is 15.9 Å². The van der Waals surface area contributed by atoms with Gasteiger partial charge in [-0.25, -0.2) is 5.41 Å². The second kappa shape index (κ2) is 7.79. The minimum Gasteiger partial charge on any atom is -0.404 e. The topological polar surface area (TPSA) is 55.8 Å². The van der Waals surface area contributed by atoms with Crippen LogP contribution < -0.4 is 11.0 Å². The molecule has 0 saturated heterocycles. The Bertz CT molecular complexity index is 1180. The zero-order valence-corrected chi connectivity index (χ0v) is 16.5. The first-order chi connectivity index (χ1) is 13.6. The summed E-state index contributed by atoms with van der Waals surface area (Å²) >= 11 is 3.46. The van der Waals surface area contributed by atoms with Crippen molar-refractivity contribution < 1.29 is 14.6 Å². The van der Waals surface area contributed by atoms with Crippen molar-refractivity contribution in [3.63, 3.8) is 0 Å². The maximum Gasteiger partial charge on any atom is 0.376 e. The van der Waals surface area contributed by atoms with Gasteiger partial charge in [0.1, 0.15) is 11.3 Å². The van der Waals surface area contributed by atoms with Gasteiger partial charge in [-0.05, 0) is 23.8 Å². The molecule has 0 radical (unpaired) electrons. The molecule has 0 saturated carbocycles. The third-order valence-electron chi connectivity index (χ3n) is 4.49. The number of carbonyl (C=O) groups excluding carboxylic acids is 1. The van der Waals surface area contributed by atoms with Crippen LogP contribution in [0.25, 0.3) is 22.5 Å². The van der Waals surface area contributed by atoms with Gasteiger partial charge in [-0.15, -0.1) is 0 Å². The van der Waals surface area contributed by atoms with Gasteiger partial charge in [0.2, 0.25) is 5.78 Å².